The van der Waals surface area contributed by atoms with Crippen LogP contribution in [0.15, 0.2) is 59.4 Å². The van der Waals surface area contributed by atoms with Crippen molar-refractivity contribution in [3.05, 3.63) is 91.4 Å². The van der Waals surface area contributed by atoms with Gasteiger partial charge in [0.05, 0.1) is 26.6 Å². The molecular formula is C25H20Cl3FN4O. The highest BCUT2D eigenvalue weighted by Gasteiger charge is 2.20. The molecule has 4 aromatic rings. The fourth-order valence-electron chi connectivity index (χ4n) is 4.19. The molecule has 1 saturated heterocycles. The number of halogens is 4. The number of nitrogens with zero attached hydrogens (tertiary/aromatic N) is 3. The first kappa shape index (κ1) is 23.3. The van der Waals surface area contributed by atoms with Crippen LogP contribution < -0.4 is 10.9 Å². The summed E-state index contributed by atoms with van der Waals surface area (Å²) in [7, 11) is 0. The van der Waals surface area contributed by atoms with E-state index in [1.165, 1.54) is 16.7 Å². The van der Waals surface area contributed by atoms with Crippen LogP contribution in [0.25, 0.3) is 28.0 Å². The number of aromatic nitrogens is 2. The Balaban J connectivity index is 1.73. The minimum atomic E-state index is -0.633. The first-order chi connectivity index (χ1) is 16.4. The first-order valence-electron chi connectivity index (χ1n) is 10.8. The molecule has 174 valence electrons. The van der Waals surface area contributed by atoms with Crippen molar-refractivity contribution in [3.8, 4) is 17.1 Å². The molecular weight excluding hydrogens is 498 g/mol. The molecule has 0 bridgehead atoms. The summed E-state index contributed by atoms with van der Waals surface area (Å²) in [5, 5.41) is 4.62. The second kappa shape index (κ2) is 9.64. The number of hydrogen-bond acceptors (Lipinski definition) is 4. The van der Waals surface area contributed by atoms with E-state index in [-0.39, 0.29) is 10.6 Å². The lowest BCUT2D eigenvalue weighted by molar-refractivity contribution is 0.233. The smallest absolute Gasteiger partial charge is 0.266 e. The minimum absolute atomic E-state index is 0.0325. The average Bonchev–Trinajstić information content (AvgIpc) is 2.83. The van der Waals surface area contributed by atoms with Gasteiger partial charge in [0.1, 0.15) is 11.6 Å². The predicted octanol–water partition coefficient (Wildman–Crippen LogP) is 5.56. The van der Waals surface area contributed by atoms with Crippen LogP contribution in [0.2, 0.25) is 15.1 Å². The second-order valence-electron chi connectivity index (χ2n) is 8.14. The third kappa shape index (κ3) is 4.44. The van der Waals surface area contributed by atoms with Crippen LogP contribution in [0.4, 0.5) is 4.39 Å². The Morgan fingerprint density at radius 2 is 1.79 bits per heavy atom. The van der Waals surface area contributed by atoms with Gasteiger partial charge in [-0.2, -0.15) is 0 Å². The predicted molar refractivity (Wildman–Crippen MR) is 136 cm³/mol. The summed E-state index contributed by atoms with van der Waals surface area (Å²) >= 11 is 19.0. The van der Waals surface area contributed by atoms with Crippen molar-refractivity contribution in [3.63, 3.8) is 0 Å². The Labute approximate surface area is 210 Å². The Hall–Kier alpha value is -2.48. The molecule has 0 spiro atoms. The van der Waals surface area contributed by atoms with Gasteiger partial charge in [-0.1, -0.05) is 46.9 Å². The lowest BCUT2D eigenvalue weighted by Crippen LogP contribution is -2.42. The van der Waals surface area contributed by atoms with Crippen LogP contribution in [-0.4, -0.2) is 40.6 Å². The molecule has 3 aromatic carbocycles. The van der Waals surface area contributed by atoms with E-state index in [2.05, 4.69) is 10.2 Å². The van der Waals surface area contributed by atoms with Crippen molar-refractivity contribution < 1.29 is 4.39 Å². The van der Waals surface area contributed by atoms with Crippen molar-refractivity contribution in [2.45, 2.75) is 6.54 Å². The minimum Gasteiger partial charge on any atom is -0.314 e. The first-order valence-corrected chi connectivity index (χ1v) is 11.9. The number of nitrogens with one attached hydrogen (secondary N) is 1. The fraction of sp³-hybridized carbons (Fsp3) is 0.200. The highest BCUT2D eigenvalue weighted by Crippen LogP contribution is 2.33. The summed E-state index contributed by atoms with van der Waals surface area (Å²) in [4.78, 5) is 20.7. The van der Waals surface area contributed by atoms with Crippen LogP contribution in [0, 0.1) is 5.82 Å². The van der Waals surface area contributed by atoms with Gasteiger partial charge < -0.3 is 5.32 Å². The second-order valence-corrected chi connectivity index (χ2v) is 9.36. The summed E-state index contributed by atoms with van der Waals surface area (Å²) in [6.45, 7) is 4.36. The summed E-state index contributed by atoms with van der Waals surface area (Å²) in [5.41, 5.74) is 1.87. The number of fused-ring (bicyclic) bond motifs is 1. The summed E-state index contributed by atoms with van der Waals surface area (Å²) in [6, 6.07) is 14.8. The van der Waals surface area contributed by atoms with Crippen molar-refractivity contribution in [1.29, 1.82) is 0 Å². The molecule has 5 nitrogen and oxygen atoms in total. The third-order valence-corrected chi connectivity index (χ3v) is 6.90. The molecule has 2 heterocycles. The normalized spacial score (nSPS) is 14.6. The lowest BCUT2D eigenvalue weighted by Gasteiger charge is -2.27. The molecule has 0 amide bonds. The summed E-state index contributed by atoms with van der Waals surface area (Å²) in [6.07, 6.45) is 0. The monoisotopic (exact) mass is 516 g/mol. The van der Waals surface area contributed by atoms with Crippen LogP contribution in [0.3, 0.4) is 0 Å². The van der Waals surface area contributed by atoms with E-state index in [0.29, 0.717) is 44.6 Å². The zero-order chi connectivity index (χ0) is 23.8. The van der Waals surface area contributed by atoms with Crippen molar-refractivity contribution >= 4 is 45.7 Å². The standard InChI is InChI=1S/C25H20Cl3FN4O/c26-16-4-6-18-22(12-16)31-24(33(25(18)34)17-5-7-20(27)21(29)13-17)19-3-1-2-15(23(19)28)14-32-10-8-30-9-11-32/h1-7,12-13,30H,8-11,14H2. The molecule has 9 heteroatoms. The fourth-order valence-corrected chi connectivity index (χ4v) is 4.74. The SMILES string of the molecule is O=c1c2ccc(Cl)cc2nc(-c2cccc(CN3CCNCC3)c2Cl)n1-c1ccc(Cl)c(F)c1. The molecule has 0 unspecified atom stereocenters. The molecule has 5 rings (SSSR count). The van der Waals surface area contributed by atoms with Gasteiger partial charge in [-0.25, -0.2) is 9.37 Å². The topological polar surface area (TPSA) is 50.2 Å². The lowest BCUT2D eigenvalue weighted by atomic mass is 10.1. The van der Waals surface area contributed by atoms with E-state index in [4.69, 9.17) is 39.8 Å². The van der Waals surface area contributed by atoms with Gasteiger partial charge in [0.25, 0.3) is 5.56 Å². The molecule has 34 heavy (non-hydrogen) atoms. The molecule has 0 saturated carbocycles. The van der Waals surface area contributed by atoms with Gasteiger partial charge in [0.2, 0.25) is 0 Å². The summed E-state index contributed by atoms with van der Waals surface area (Å²) in [5.74, 6) is -0.333. The number of hydrogen-bond donors (Lipinski definition) is 1. The maximum atomic E-state index is 14.4. The van der Waals surface area contributed by atoms with Crippen LogP contribution in [0.1, 0.15) is 5.56 Å². The van der Waals surface area contributed by atoms with Gasteiger partial charge in [-0.15, -0.1) is 0 Å². The van der Waals surface area contributed by atoms with E-state index in [0.717, 1.165) is 31.7 Å². The quantitative estimate of drug-likeness (QED) is 0.385. The Bertz CT molecular complexity index is 1450. The van der Waals surface area contributed by atoms with Crippen LogP contribution in [-0.2, 0) is 6.54 Å². The maximum absolute atomic E-state index is 14.4. The average molecular weight is 518 g/mol. The summed E-state index contributed by atoms with van der Waals surface area (Å²) < 4.78 is 15.7. The van der Waals surface area contributed by atoms with E-state index >= 15 is 0 Å². The highest BCUT2D eigenvalue weighted by molar-refractivity contribution is 6.34. The Morgan fingerprint density at radius 1 is 1.00 bits per heavy atom. The van der Waals surface area contributed by atoms with Gasteiger partial charge in [-0.3, -0.25) is 14.3 Å². The van der Waals surface area contributed by atoms with E-state index in [1.54, 1.807) is 24.3 Å². The van der Waals surface area contributed by atoms with Crippen LogP contribution >= 0.6 is 34.8 Å². The van der Waals surface area contributed by atoms with Gasteiger partial charge in [-0.05, 0) is 48.0 Å². The van der Waals surface area contributed by atoms with E-state index < -0.39 is 5.82 Å². The molecule has 1 N–H and O–H groups in total. The third-order valence-electron chi connectivity index (χ3n) is 5.92. The molecule has 0 aliphatic carbocycles. The van der Waals surface area contributed by atoms with Crippen molar-refractivity contribution in [2.75, 3.05) is 26.2 Å². The van der Waals surface area contributed by atoms with Crippen molar-refractivity contribution in [2.24, 2.45) is 0 Å². The Morgan fingerprint density at radius 3 is 2.56 bits per heavy atom. The van der Waals surface area contributed by atoms with Gasteiger partial charge >= 0.3 is 0 Å². The molecule has 1 aliphatic heterocycles. The van der Waals surface area contributed by atoms with Crippen molar-refractivity contribution in [1.82, 2.24) is 19.8 Å². The van der Waals surface area contributed by atoms with Gasteiger partial charge in [0.15, 0.2) is 0 Å². The highest BCUT2D eigenvalue weighted by atomic mass is 35.5. The molecule has 1 aliphatic rings. The Kier molecular flexibility index (Phi) is 6.60. The zero-order valence-corrected chi connectivity index (χ0v) is 20.3. The van der Waals surface area contributed by atoms with Gasteiger partial charge in [0, 0.05) is 43.3 Å². The van der Waals surface area contributed by atoms with E-state index in [9.17, 15) is 9.18 Å². The number of rotatable bonds is 4. The number of piperazine rings is 1. The molecule has 1 aromatic heterocycles. The molecule has 0 atom stereocenters. The van der Waals surface area contributed by atoms with E-state index in [1.807, 2.05) is 18.2 Å². The molecule has 1 fully saturated rings. The number of benzene rings is 3. The largest absolute Gasteiger partial charge is 0.314 e. The van der Waals surface area contributed by atoms with Crippen LogP contribution in [0.5, 0.6) is 0 Å². The zero-order valence-electron chi connectivity index (χ0n) is 18.0. The maximum Gasteiger partial charge on any atom is 0.266 e. The molecule has 0 radical (unpaired) electrons.